The second-order valence-corrected chi connectivity index (χ2v) is 8.96. The summed E-state index contributed by atoms with van der Waals surface area (Å²) < 4.78 is 32.7. The molecule has 0 heterocycles. The van der Waals surface area contributed by atoms with E-state index in [1.807, 2.05) is 0 Å². The van der Waals surface area contributed by atoms with Crippen LogP contribution < -0.4 is 14.4 Å². The molecule has 0 spiro atoms. The average Bonchev–Trinajstić information content (AvgIpc) is 2.72. The van der Waals surface area contributed by atoms with Crippen molar-refractivity contribution in [3.05, 3.63) is 82.8 Å². The highest BCUT2D eigenvalue weighted by Gasteiger charge is 2.27. The van der Waals surface area contributed by atoms with Crippen LogP contribution in [0.3, 0.4) is 0 Å². The molecule has 0 radical (unpaired) electrons. The van der Waals surface area contributed by atoms with E-state index >= 15 is 0 Å². The number of nitrogens with one attached hydrogen (secondary N) is 1. The molecule has 156 valence electrons. The molecule has 6 nitrogen and oxygen atoms in total. The van der Waals surface area contributed by atoms with E-state index in [0.717, 1.165) is 4.31 Å². The van der Waals surface area contributed by atoms with Crippen molar-refractivity contribution in [3.8, 4) is 5.75 Å². The molecule has 0 atom stereocenters. The van der Waals surface area contributed by atoms with E-state index < -0.39 is 22.5 Å². The van der Waals surface area contributed by atoms with Crippen molar-refractivity contribution in [2.75, 3.05) is 23.3 Å². The van der Waals surface area contributed by atoms with E-state index in [2.05, 4.69) is 5.32 Å². The summed E-state index contributed by atoms with van der Waals surface area (Å²) in [5.74, 6) is -0.0173. The molecule has 0 bridgehead atoms. The van der Waals surface area contributed by atoms with Gasteiger partial charge >= 0.3 is 0 Å². The lowest BCUT2D eigenvalue weighted by molar-refractivity contribution is -0.114. The standard InChI is InChI=1S/C21H18Cl2N2O4S/c1-29-19-8-10-20(11-9-19)30(27,28)25(18-7-3-5-16(23)13-18)14-21(26)24-17-6-2-4-15(22)12-17/h2-13H,14H2,1H3,(H,24,26). The number of rotatable bonds is 7. The van der Waals surface area contributed by atoms with Gasteiger partial charge < -0.3 is 10.1 Å². The fraction of sp³-hybridized carbons (Fsp3) is 0.0952. The van der Waals surface area contributed by atoms with Crippen LogP contribution in [0.15, 0.2) is 77.7 Å². The van der Waals surface area contributed by atoms with Gasteiger partial charge in [-0.3, -0.25) is 9.10 Å². The van der Waals surface area contributed by atoms with Crippen molar-refractivity contribution in [2.45, 2.75) is 4.90 Å². The van der Waals surface area contributed by atoms with Gasteiger partial charge in [-0.25, -0.2) is 8.42 Å². The van der Waals surface area contributed by atoms with Gasteiger partial charge in [0, 0.05) is 15.7 Å². The van der Waals surface area contributed by atoms with E-state index in [9.17, 15) is 13.2 Å². The Morgan fingerprint density at radius 1 is 0.967 bits per heavy atom. The summed E-state index contributed by atoms with van der Waals surface area (Å²) in [7, 11) is -2.57. The Morgan fingerprint density at radius 2 is 1.60 bits per heavy atom. The fourth-order valence-corrected chi connectivity index (χ4v) is 4.51. The first-order valence-corrected chi connectivity index (χ1v) is 11.0. The van der Waals surface area contributed by atoms with Gasteiger partial charge in [0.1, 0.15) is 12.3 Å². The average molecular weight is 465 g/mol. The number of methoxy groups -OCH3 is 1. The summed E-state index contributed by atoms with van der Waals surface area (Å²) in [6, 6.07) is 18.8. The number of nitrogens with zero attached hydrogens (tertiary/aromatic N) is 1. The lowest BCUT2D eigenvalue weighted by Gasteiger charge is -2.24. The topological polar surface area (TPSA) is 75.7 Å². The Hall–Kier alpha value is -2.74. The SMILES string of the molecule is COc1ccc(S(=O)(=O)N(CC(=O)Nc2cccc(Cl)c2)c2cccc(Cl)c2)cc1. The zero-order valence-corrected chi connectivity index (χ0v) is 18.2. The first-order valence-electron chi connectivity index (χ1n) is 8.77. The monoisotopic (exact) mass is 464 g/mol. The van der Waals surface area contributed by atoms with Crippen molar-refractivity contribution in [1.29, 1.82) is 0 Å². The van der Waals surface area contributed by atoms with Crippen molar-refractivity contribution in [3.63, 3.8) is 0 Å². The summed E-state index contributed by atoms with van der Waals surface area (Å²) in [4.78, 5) is 12.7. The highest BCUT2D eigenvalue weighted by atomic mass is 35.5. The van der Waals surface area contributed by atoms with Crippen LogP contribution in [0.1, 0.15) is 0 Å². The molecule has 0 saturated heterocycles. The quantitative estimate of drug-likeness (QED) is 0.542. The molecule has 0 aliphatic carbocycles. The summed E-state index contributed by atoms with van der Waals surface area (Å²) in [5, 5.41) is 3.45. The van der Waals surface area contributed by atoms with Crippen molar-refractivity contribution in [2.24, 2.45) is 0 Å². The summed E-state index contributed by atoms with van der Waals surface area (Å²) >= 11 is 12.0. The van der Waals surface area contributed by atoms with Gasteiger partial charge in [-0.05, 0) is 60.7 Å². The van der Waals surface area contributed by atoms with E-state index in [4.69, 9.17) is 27.9 Å². The van der Waals surface area contributed by atoms with Crippen molar-refractivity contribution in [1.82, 2.24) is 0 Å². The Balaban J connectivity index is 1.94. The van der Waals surface area contributed by atoms with E-state index in [0.29, 0.717) is 21.5 Å². The molecule has 1 N–H and O–H groups in total. The van der Waals surface area contributed by atoms with E-state index in [-0.39, 0.29) is 10.6 Å². The van der Waals surface area contributed by atoms with Crippen molar-refractivity contribution < 1.29 is 17.9 Å². The molecule has 3 rings (SSSR count). The zero-order valence-electron chi connectivity index (χ0n) is 15.9. The predicted octanol–water partition coefficient (Wildman–Crippen LogP) is 4.84. The molecular formula is C21H18Cl2N2O4S. The number of sulfonamides is 1. The van der Waals surface area contributed by atoms with Crippen molar-refractivity contribution >= 4 is 50.5 Å². The number of hydrogen-bond acceptors (Lipinski definition) is 4. The highest BCUT2D eigenvalue weighted by Crippen LogP contribution is 2.27. The highest BCUT2D eigenvalue weighted by molar-refractivity contribution is 7.92. The lowest BCUT2D eigenvalue weighted by atomic mass is 10.3. The van der Waals surface area contributed by atoms with Crippen LogP contribution in [-0.2, 0) is 14.8 Å². The maximum Gasteiger partial charge on any atom is 0.264 e. The molecule has 9 heteroatoms. The molecule has 3 aromatic rings. The summed E-state index contributed by atoms with van der Waals surface area (Å²) in [5.41, 5.74) is 0.722. The molecule has 0 saturated carbocycles. The molecule has 0 aliphatic rings. The Labute approximate surface area is 185 Å². The summed E-state index contributed by atoms with van der Waals surface area (Å²) in [6.07, 6.45) is 0. The smallest absolute Gasteiger partial charge is 0.264 e. The normalized spacial score (nSPS) is 11.0. The Morgan fingerprint density at radius 3 is 2.20 bits per heavy atom. The molecular weight excluding hydrogens is 447 g/mol. The zero-order chi connectivity index (χ0) is 21.7. The number of carbonyl (C=O) groups excluding carboxylic acids is 1. The minimum Gasteiger partial charge on any atom is -0.497 e. The van der Waals surface area contributed by atoms with Crippen LogP contribution in [0.5, 0.6) is 5.75 Å². The minimum absolute atomic E-state index is 0.0128. The predicted molar refractivity (Wildman–Crippen MR) is 119 cm³/mol. The molecule has 0 fully saturated rings. The molecule has 30 heavy (non-hydrogen) atoms. The van der Waals surface area contributed by atoms with Crippen LogP contribution in [0.25, 0.3) is 0 Å². The maximum absolute atomic E-state index is 13.3. The molecule has 0 aromatic heterocycles. The van der Waals surface area contributed by atoms with Crippen LogP contribution in [0.4, 0.5) is 11.4 Å². The molecule has 0 aliphatic heterocycles. The molecule has 0 unspecified atom stereocenters. The third kappa shape index (κ3) is 5.24. The second kappa shape index (κ2) is 9.38. The first kappa shape index (κ1) is 22.0. The van der Waals surface area contributed by atoms with E-state index in [1.54, 1.807) is 42.5 Å². The fourth-order valence-electron chi connectivity index (χ4n) is 2.72. The number of hydrogen-bond donors (Lipinski definition) is 1. The molecule has 3 aromatic carbocycles. The van der Waals surface area contributed by atoms with Crippen LogP contribution >= 0.6 is 23.2 Å². The number of benzene rings is 3. The number of anilines is 2. The largest absolute Gasteiger partial charge is 0.497 e. The Bertz CT molecular complexity index is 1150. The second-order valence-electron chi connectivity index (χ2n) is 6.23. The minimum atomic E-state index is -4.06. The first-order chi connectivity index (χ1) is 14.3. The van der Waals surface area contributed by atoms with Gasteiger partial charge in [0.25, 0.3) is 10.0 Å². The van der Waals surface area contributed by atoms with Gasteiger partial charge in [-0.1, -0.05) is 35.3 Å². The van der Waals surface area contributed by atoms with Crippen LogP contribution in [-0.4, -0.2) is 28.0 Å². The van der Waals surface area contributed by atoms with Crippen LogP contribution in [0.2, 0.25) is 10.0 Å². The van der Waals surface area contributed by atoms with Crippen LogP contribution in [0, 0.1) is 0 Å². The van der Waals surface area contributed by atoms with Gasteiger partial charge in [-0.2, -0.15) is 0 Å². The lowest BCUT2D eigenvalue weighted by Crippen LogP contribution is -2.38. The third-order valence-electron chi connectivity index (χ3n) is 4.14. The van der Waals surface area contributed by atoms with Gasteiger partial charge in [0.2, 0.25) is 5.91 Å². The van der Waals surface area contributed by atoms with Gasteiger partial charge in [0.15, 0.2) is 0 Å². The molecule has 1 amide bonds. The van der Waals surface area contributed by atoms with Gasteiger partial charge in [0.05, 0.1) is 17.7 Å². The third-order valence-corrected chi connectivity index (χ3v) is 6.40. The number of carbonyl (C=O) groups is 1. The number of amides is 1. The van der Waals surface area contributed by atoms with E-state index in [1.165, 1.54) is 37.4 Å². The van der Waals surface area contributed by atoms with Gasteiger partial charge in [-0.15, -0.1) is 0 Å². The number of halogens is 2. The number of ether oxygens (including phenoxy) is 1. The maximum atomic E-state index is 13.3. The Kier molecular flexibility index (Phi) is 6.87. The summed E-state index contributed by atoms with van der Waals surface area (Å²) in [6.45, 7) is -0.457.